The van der Waals surface area contributed by atoms with Gasteiger partial charge in [-0.1, -0.05) is 29.4 Å². The van der Waals surface area contributed by atoms with Crippen molar-refractivity contribution in [3.63, 3.8) is 0 Å². The molecule has 2 saturated heterocycles. The standard InChI is InChI=1S/C23H25N5O3/c29-21(13-17-5-4-8-24-14-17)28-15-19-20(16-28)31-25-22(19)26-9-11-27(12-10-26)23(30)18-6-2-1-3-7-18/h1-8,14,19-20H,9-13,15-16H2/t19-,20+/m1/s1. The third kappa shape index (κ3) is 3.97. The maximum Gasteiger partial charge on any atom is 0.253 e. The zero-order valence-corrected chi connectivity index (χ0v) is 17.3. The smallest absolute Gasteiger partial charge is 0.253 e. The van der Waals surface area contributed by atoms with E-state index < -0.39 is 0 Å². The molecule has 1 aromatic carbocycles. The topological polar surface area (TPSA) is 78.3 Å². The third-order valence-corrected chi connectivity index (χ3v) is 6.22. The van der Waals surface area contributed by atoms with E-state index in [1.54, 1.807) is 12.4 Å². The van der Waals surface area contributed by atoms with Gasteiger partial charge in [0.15, 0.2) is 11.9 Å². The fourth-order valence-electron chi connectivity index (χ4n) is 4.51. The molecule has 0 unspecified atom stereocenters. The van der Waals surface area contributed by atoms with E-state index in [9.17, 15) is 9.59 Å². The van der Waals surface area contributed by atoms with Crippen LogP contribution in [0.2, 0.25) is 0 Å². The van der Waals surface area contributed by atoms with Crippen LogP contribution < -0.4 is 0 Å². The molecule has 0 saturated carbocycles. The van der Waals surface area contributed by atoms with E-state index in [2.05, 4.69) is 15.0 Å². The van der Waals surface area contributed by atoms with Gasteiger partial charge in [-0.15, -0.1) is 0 Å². The van der Waals surface area contributed by atoms with E-state index in [0.717, 1.165) is 17.0 Å². The summed E-state index contributed by atoms with van der Waals surface area (Å²) in [4.78, 5) is 41.1. The number of carbonyl (C=O) groups excluding carboxylic acids is 2. The van der Waals surface area contributed by atoms with Crippen LogP contribution >= 0.6 is 0 Å². The van der Waals surface area contributed by atoms with Gasteiger partial charge < -0.3 is 19.5 Å². The lowest BCUT2D eigenvalue weighted by Crippen LogP contribution is -2.52. The number of piperazine rings is 1. The van der Waals surface area contributed by atoms with Crippen molar-refractivity contribution in [2.24, 2.45) is 11.1 Å². The van der Waals surface area contributed by atoms with Gasteiger partial charge in [0, 0.05) is 50.7 Å². The molecule has 3 aliphatic heterocycles. The summed E-state index contributed by atoms with van der Waals surface area (Å²) in [5, 5.41) is 4.34. The molecule has 3 aliphatic rings. The fraction of sp³-hybridized carbons (Fsp3) is 0.391. The van der Waals surface area contributed by atoms with E-state index in [0.29, 0.717) is 45.7 Å². The van der Waals surface area contributed by atoms with Crippen molar-refractivity contribution >= 4 is 17.6 Å². The minimum atomic E-state index is -0.0863. The van der Waals surface area contributed by atoms with Crippen LogP contribution in [0, 0.1) is 5.92 Å². The van der Waals surface area contributed by atoms with Crippen molar-refractivity contribution in [1.29, 1.82) is 0 Å². The summed E-state index contributed by atoms with van der Waals surface area (Å²) in [6, 6.07) is 13.1. The van der Waals surface area contributed by atoms with E-state index in [1.165, 1.54) is 0 Å². The number of benzene rings is 1. The average molecular weight is 419 g/mol. The van der Waals surface area contributed by atoms with Crippen molar-refractivity contribution in [3.05, 3.63) is 66.0 Å². The summed E-state index contributed by atoms with van der Waals surface area (Å²) in [6.45, 7) is 3.90. The van der Waals surface area contributed by atoms with Gasteiger partial charge in [0.2, 0.25) is 5.91 Å². The predicted octanol–water partition coefficient (Wildman–Crippen LogP) is 1.25. The van der Waals surface area contributed by atoms with Crippen LogP contribution in [0.4, 0.5) is 0 Å². The second-order valence-electron chi connectivity index (χ2n) is 8.18. The van der Waals surface area contributed by atoms with Gasteiger partial charge in [0.25, 0.3) is 5.91 Å². The number of carbonyl (C=O) groups is 2. The Morgan fingerprint density at radius 1 is 0.968 bits per heavy atom. The first-order valence-corrected chi connectivity index (χ1v) is 10.7. The number of pyridine rings is 1. The number of amides is 2. The van der Waals surface area contributed by atoms with Crippen LogP contribution in [0.5, 0.6) is 0 Å². The van der Waals surface area contributed by atoms with E-state index >= 15 is 0 Å². The quantitative estimate of drug-likeness (QED) is 0.748. The number of nitrogens with zero attached hydrogens (tertiary/aromatic N) is 5. The maximum absolute atomic E-state index is 12.7. The lowest BCUT2D eigenvalue weighted by atomic mass is 10.0. The highest BCUT2D eigenvalue weighted by Gasteiger charge is 2.46. The summed E-state index contributed by atoms with van der Waals surface area (Å²) in [7, 11) is 0. The Balaban J connectivity index is 1.17. The first kappa shape index (κ1) is 19.5. The molecule has 0 radical (unpaired) electrons. The number of rotatable bonds is 3. The zero-order valence-electron chi connectivity index (χ0n) is 17.3. The van der Waals surface area contributed by atoms with Crippen LogP contribution in [0.25, 0.3) is 0 Å². The van der Waals surface area contributed by atoms with E-state index in [4.69, 9.17) is 4.84 Å². The normalized spacial score (nSPS) is 22.7. The number of fused-ring (bicyclic) bond motifs is 1. The molecule has 2 amide bonds. The minimum absolute atomic E-state index is 0.0655. The Labute approximate surface area is 181 Å². The number of hydrogen-bond donors (Lipinski definition) is 0. The number of oxime groups is 1. The van der Waals surface area contributed by atoms with Crippen molar-refractivity contribution in [2.75, 3.05) is 39.3 Å². The molecule has 2 atom stereocenters. The highest BCUT2D eigenvalue weighted by molar-refractivity contribution is 5.94. The second kappa shape index (κ2) is 8.37. The summed E-state index contributed by atoms with van der Waals surface area (Å²) in [5.41, 5.74) is 1.63. The summed E-state index contributed by atoms with van der Waals surface area (Å²) in [5.74, 6) is 1.15. The third-order valence-electron chi connectivity index (χ3n) is 6.22. The van der Waals surface area contributed by atoms with Crippen molar-refractivity contribution in [3.8, 4) is 0 Å². The SMILES string of the molecule is O=C(Cc1cccnc1)N1C[C@@H]2ON=C(N3CCN(C(=O)c4ccccc4)CC3)[C@@H]2C1. The molecule has 4 heterocycles. The molecule has 31 heavy (non-hydrogen) atoms. The predicted molar refractivity (Wildman–Crippen MR) is 114 cm³/mol. The van der Waals surface area contributed by atoms with Gasteiger partial charge in [0.05, 0.1) is 18.9 Å². The Bertz CT molecular complexity index is 973. The van der Waals surface area contributed by atoms with Gasteiger partial charge in [-0.2, -0.15) is 0 Å². The number of hydrogen-bond acceptors (Lipinski definition) is 6. The van der Waals surface area contributed by atoms with Gasteiger partial charge in [-0.25, -0.2) is 0 Å². The van der Waals surface area contributed by atoms with Gasteiger partial charge in [-0.05, 0) is 23.8 Å². The second-order valence-corrected chi connectivity index (χ2v) is 8.18. The van der Waals surface area contributed by atoms with Crippen LogP contribution in [-0.4, -0.2) is 82.7 Å². The molecule has 2 aromatic rings. The Morgan fingerprint density at radius 2 is 1.77 bits per heavy atom. The number of aromatic nitrogens is 1. The summed E-state index contributed by atoms with van der Waals surface area (Å²) < 4.78 is 0. The molecule has 1 aromatic heterocycles. The maximum atomic E-state index is 12.7. The van der Waals surface area contributed by atoms with Crippen LogP contribution in [0.3, 0.4) is 0 Å². The molecular formula is C23H25N5O3. The van der Waals surface area contributed by atoms with E-state index in [1.807, 2.05) is 52.3 Å². The van der Waals surface area contributed by atoms with Crippen LogP contribution in [-0.2, 0) is 16.1 Å². The number of likely N-dealkylation sites (tertiary alicyclic amines) is 1. The van der Waals surface area contributed by atoms with Crippen LogP contribution in [0.15, 0.2) is 60.0 Å². The largest absolute Gasteiger partial charge is 0.388 e. The highest BCUT2D eigenvalue weighted by Crippen LogP contribution is 2.29. The molecule has 0 aliphatic carbocycles. The molecule has 8 heteroatoms. The lowest BCUT2D eigenvalue weighted by molar-refractivity contribution is -0.130. The molecule has 0 N–H and O–H groups in total. The molecule has 8 nitrogen and oxygen atoms in total. The first-order valence-electron chi connectivity index (χ1n) is 10.7. The van der Waals surface area contributed by atoms with E-state index in [-0.39, 0.29) is 23.8 Å². The Morgan fingerprint density at radius 3 is 2.52 bits per heavy atom. The summed E-state index contributed by atoms with van der Waals surface area (Å²) in [6.07, 6.45) is 3.70. The molecule has 160 valence electrons. The molecule has 0 spiro atoms. The van der Waals surface area contributed by atoms with Gasteiger partial charge >= 0.3 is 0 Å². The molecular weight excluding hydrogens is 394 g/mol. The Kier molecular flexibility index (Phi) is 5.28. The van der Waals surface area contributed by atoms with Gasteiger partial charge in [0.1, 0.15) is 0 Å². The molecule has 2 fully saturated rings. The minimum Gasteiger partial charge on any atom is -0.388 e. The van der Waals surface area contributed by atoms with Crippen LogP contribution in [0.1, 0.15) is 15.9 Å². The fourth-order valence-corrected chi connectivity index (χ4v) is 4.51. The number of amidine groups is 1. The highest BCUT2D eigenvalue weighted by atomic mass is 16.6. The lowest BCUT2D eigenvalue weighted by Gasteiger charge is -2.36. The van der Waals surface area contributed by atoms with Crippen molar-refractivity contribution in [2.45, 2.75) is 12.5 Å². The van der Waals surface area contributed by atoms with Gasteiger partial charge in [-0.3, -0.25) is 14.6 Å². The Hall–Kier alpha value is -3.42. The van der Waals surface area contributed by atoms with Crippen molar-refractivity contribution in [1.82, 2.24) is 19.7 Å². The zero-order chi connectivity index (χ0) is 21.2. The molecule has 0 bridgehead atoms. The molecule has 5 rings (SSSR count). The monoisotopic (exact) mass is 419 g/mol. The first-order chi connectivity index (χ1) is 15.2. The average Bonchev–Trinajstić information content (AvgIpc) is 3.41. The van der Waals surface area contributed by atoms with Crippen molar-refractivity contribution < 1.29 is 14.4 Å². The summed E-state index contributed by atoms with van der Waals surface area (Å²) >= 11 is 0.